The molecule has 0 bridgehead atoms. The highest BCUT2D eigenvalue weighted by Crippen LogP contribution is 2.13. The van der Waals surface area contributed by atoms with Crippen LogP contribution in [0.15, 0.2) is 47.1 Å². The Morgan fingerprint density at radius 2 is 2.19 bits per heavy atom. The molecule has 0 atom stereocenters. The molecule has 0 amide bonds. The van der Waals surface area contributed by atoms with Gasteiger partial charge in [0.2, 0.25) is 0 Å². The molecule has 21 heavy (non-hydrogen) atoms. The van der Waals surface area contributed by atoms with Crippen LogP contribution >= 0.6 is 0 Å². The van der Waals surface area contributed by atoms with Gasteiger partial charge in [-0.25, -0.2) is 4.79 Å². The molecule has 112 valence electrons. The Bertz CT molecular complexity index is 565. The van der Waals surface area contributed by atoms with Gasteiger partial charge in [-0.05, 0) is 36.9 Å². The first kappa shape index (κ1) is 15.1. The van der Waals surface area contributed by atoms with Gasteiger partial charge in [-0.15, -0.1) is 0 Å². The first-order chi connectivity index (χ1) is 10.2. The molecule has 0 aliphatic rings. The summed E-state index contributed by atoms with van der Waals surface area (Å²) in [7, 11) is 0. The molecule has 5 nitrogen and oxygen atoms in total. The normalized spacial score (nSPS) is 10.8. The Morgan fingerprint density at radius 3 is 2.86 bits per heavy atom. The monoisotopic (exact) mass is 289 g/mol. The summed E-state index contributed by atoms with van der Waals surface area (Å²) in [5, 5.41) is 8.93. The van der Waals surface area contributed by atoms with E-state index in [4.69, 9.17) is 14.3 Å². The highest BCUT2D eigenvalue weighted by molar-refractivity contribution is 5.87. The highest BCUT2D eigenvalue weighted by Gasteiger charge is 2.07. The van der Waals surface area contributed by atoms with Crippen LogP contribution in [0.5, 0.6) is 5.75 Å². The lowest BCUT2D eigenvalue weighted by Crippen LogP contribution is -2.27. The van der Waals surface area contributed by atoms with Gasteiger partial charge in [-0.2, -0.15) is 0 Å². The van der Waals surface area contributed by atoms with Crippen molar-refractivity contribution in [3.8, 4) is 5.75 Å². The second-order valence-electron chi connectivity index (χ2n) is 4.63. The Balaban J connectivity index is 1.82. The fourth-order valence-corrected chi connectivity index (χ4v) is 1.98. The Hall–Kier alpha value is -2.27. The van der Waals surface area contributed by atoms with Crippen molar-refractivity contribution in [1.29, 1.82) is 0 Å². The molecule has 0 unspecified atom stereocenters. The van der Waals surface area contributed by atoms with E-state index in [0.29, 0.717) is 12.4 Å². The molecular weight excluding hydrogens is 270 g/mol. The number of rotatable bonds is 8. The molecule has 0 aliphatic heterocycles. The molecule has 1 aromatic heterocycles. The summed E-state index contributed by atoms with van der Waals surface area (Å²) in [5.74, 6) is 0.544. The summed E-state index contributed by atoms with van der Waals surface area (Å²) in [6.45, 7) is 4.95. The standard InChI is InChI=1S/C16H19NO4/c1-2-17(12-15-7-4-9-20-15)8-10-21-14-6-3-5-13(11-14)16(18)19/h3-7,9,11H,2,8,10,12H2,1H3,(H,18,19). The van der Waals surface area contributed by atoms with Crippen molar-refractivity contribution in [3.63, 3.8) is 0 Å². The van der Waals surface area contributed by atoms with Gasteiger partial charge < -0.3 is 14.3 Å². The third-order valence-corrected chi connectivity index (χ3v) is 3.16. The maximum absolute atomic E-state index is 10.9. The number of nitrogens with zero attached hydrogens (tertiary/aromatic N) is 1. The molecule has 1 heterocycles. The fourth-order valence-electron chi connectivity index (χ4n) is 1.98. The second kappa shape index (κ2) is 7.50. The number of carboxylic acids is 1. The number of carboxylic acid groups (broad SMARTS) is 1. The van der Waals surface area contributed by atoms with Crippen LogP contribution in [-0.4, -0.2) is 35.7 Å². The van der Waals surface area contributed by atoms with Crippen LogP contribution in [0.1, 0.15) is 23.0 Å². The highest BCUT2D eigenvalue weighted by atomic mass is 16.5. The van der Waals surface area contributed by atoms with Crippen LogP contribution in [-0.2, 0) is 6.54 Å². The predicted octanol–water partition coefficient (Wildman–Crippen LogP) is 2.88. The zero-order valence-corrected chi connectivity index (χ0v) is 12.0. The molecule has 1 N–H and O–H groups in total. The third-order valence-electron chi connectivity index (χ3n) is 3.16. The van der Waals surface area contributed by atoms with Crippen molar-refractivity contribution >= 4 is 5.97 Å². The van der Waals surface area contributed by atoms with E-state index in [0.717, 1.165) is 25.4 Å². The second-order valence-corrected chi connectivity index (χ2v) is 4.63. The van der Waals surface area contributed by atoms with E-state index in [1.165, 1.54) is 6.07 Å². The Labute approximate surface area is 123 Å². The Morgan fingerprint density at radius 1 is 1.33 bits per heavy atom. The van der Waals surface area contributed by atoms with Crippen LogP contribution in [0.4, 0.5) is 0 Å². The van der Waals surface area contributed by atoms with Gasteiger partial charge in [-0.1, -0.05) is 13.0 Å². The summed E-state index contributed by atoms with van der Waals surface area (Å²) in [5.41, 5.74) is 0.232. The van der Waals surface area contributed by atoms with Gasteiger partial charge >= 0.3 is 5.97 Å². The number of hydrogen-bond donors (Lipinski definition) is 1. The number of carbonyl (C=O) groups is 1. The molecule has 0 radical (unpaired) electrons. The largest absolute Gasteiger partial charge is 0.492 e. The van der Waals surface area contributed by atoms with Crippen LogP contribution in [0, 0.1) is 0 Å². The maximum Gasteiger partial charge on any atom is 0.335 e. The lowest BCUT2D eigenvalue weighted by molar-refractivity contribution is 0.0696. The molecule has 5 heteroatoms. The number of ether oxygens (including phenoxy) is 1. The predicted molar refractivity (Wildman–Crippen MR) is 78.6 cm³/mol. The van der Waals surface area contributed by atoms with E-state index in [1.807, 2.05) is 12.1 Å². The summed E-state index contributed by atoms with van der Waals surface area (Å²) >= 11 is 0. The van der Waals surface area contributed by atoms with Crippen molar-refractivity contribution in [2.24, 2.45) is 0 Å². The van der Waals surface area contributed by atoms with Gasteiger partial charge in [0.1, 0.15) is 18.1 Å². The molecule has 0 fully saturated rings. The summed E-state index contributed by atoms with van der Waals surface area (Å²) in [6.07, 6.45) is 1.66. The van der Waals surface area contributed by atoms with Gasteiger partial charge in [0.15, 0.2) is 0 Å². The average Bonchev–Trinajstić information content (AvgIpc) is 2.99. The first-order valence-corrected chi connectivity index (χ1v) is 6.90. The van der Waals surface area contributed by atoms with E-state index in [9.17, 15) is 4.79 Å². The molecule has 1 aromatic carbocycles. The van der Waals surface area contributed by atoms with E-state index in [2.05, 4.69) is 11.8 Å². The zero-order valence-electron chi connectivity index (χ0n) is 12.0. The van der Waals surface area contributed by atoms with E-state index >= 15 is 0 Å². The third kappa shape index (κ3) is 4.65. The van der Waals surface area contributed by atoms with Gasteiger partial charge in [0, 0.05) is 6.54 Å². The maximum atomic E-state index is 10.9. The van der Waals surface area contributed by atoms with Crippen molar-refractivity contribution in [2.45, 2.75) is 13.5 Å². The number of hydrogen-bond acceptors (Lipinski definition) is 4. The van der Waals surface area contributed by atoms with Crippen LogP contribution in [0.25, 0.3) is 0 Å². The minimum atomic E-state index is -0.951. The van der Waals surface area contributed by atoms with Gasteiger partial charge in [-0.3, -0.25) is 4.90 Å². The summed E-state index contributed by atoms with van der Waals surface area (Å²) in [6, 6.07) is 10.3. The first-order valence-electron chi connectivity index (χ1n) is 6.90. The number of aromatic carboxylic acids is 1. The zero-order chi connectivity index (χ0) is 15.1. The van der Waals surface area contributed by atoms with Crippen molar-refractivity contribution < 1.29 is 19.1 Å². The lowest BCUT2D eigenvalue weighted by Gasteiger charge is -2.19. The Kier molecular flexibility index (Phi) is 5.40. The molecule has 0 aliphatic carbocycles. The number of benzene rings is 1. The average molecular weight is 289 g/mol. The smallest absolute Gasteiger partial charge is 0.335 e. The van der Waals surface area contributed by atoms with Crippen LogP contribution < -0.4 is 4.74 Å². The van der Waals surface area contributed by atoms with Crippen molar-refractivity contribution in [2.75, 3.05) is 19.7 Å². The topological polar surface area (TPSA) is 62.9 Å². The fraction of sp³-hybridized carbons (Fsp3) is 0.312. The van der Waals surface area contributed by atoms with Crippen LogP contribution in [0.2, 0.25) is 0 Å². The SMILES string of the molecule is CCN(CCOc1cccc(C(=O)O)c1)Cc1ccco1. The summed E-state index contributed by atoms with van der Waals surface area (Å²) in [4.78, 5) is 13.1. The lowest BCUT2D eigenvalue weighted by atomic mass is 10.2. The number of likely N-dealkylation sites (N-methyl/N-ethyl adjacent to an activating group) is 1. The molecular formula is C16H19NO4. The van der Waals surface area contributed by atoms with Crippen LogP contribution in [0.3, 0.4) is 0 Å². The van der Waals surface area contributed by atoms with Gasteiger partial charge in [0.25, 0.3) is 0 Å². The van der Waals surface area contributed by atoms with Crippen molar-refractivity contribution in [1.82, 2.24) is 4.90 Å². The van der Waals surface area contributed by atoms with E-state index in [1.54, 1.807) is 24.5 Å². The molecule has 2 rings (SSSR count). The van der Waals surface area contributed by atoms with E-state index < -0.39 is 5.97 Å². The minimum Gasteiger partial charge on any atom is -0.492 e. The minimum absolute atomic E-state index is 0.232. The number of furan rings is 1. The quantitative estimate of drug-likeness (QED) is 0.809. The molecule has 0 saturated heterocycles. The molecule has 0 saturated carbocycles. The molecule has 0 spiro atoms. The van der Waals surface area contributed by atoms with E-state index in [-0.39, 0.29) is 5.56 Å². The van der Waals surface area contributed by atoms with Gasteiger partial charge in [0.05, 0.1) is 18.4 Å². The van der Waals surface area contributed by atoms with Crippen molar-refractivity contribution in [3.05, 3.63) is 54.0 Å². The molecule has 2 aromatic rings. The summed E-state index contributed by atoms with van der Waals surface area (Å²) < 4.78 is 10.9.